The number of nitrogens with zero attached hydrogens (tertiary/aromatic N) is 2. The van der Waals surface area contributed by atoms with Gasteiger partial charge < -0.3 is 4.90 Å². The molecule has 0 amide bonds. The van der Waals surface area contributed by atoms with Crippen molar-refractivity contribution >= 4 is 49.4 Å². The summed E-state index contributed by atoms with van der Waals surface area (Å²) < 4.78 is 0. The lowest BCUT2D eigenvalue weighted by atomic mass is 9.80. The fraction of sp³-hybridized carbons (Fsp3) is 0.127. The number of anilines is 3. The van der Waals surface area contributed by atoms with E-state index in [9.17, 15) is 5.26 Å². The molecule has 0 saturated heterocycles. The van der Waals surface area contributed by atoms with Gasteiger partial charge in [0.25, 0.3) is 0 Å². The lowest BCUT2D eigenvalue weighted by Gasteiger charge is -2.30. The second kappa shape index (κ2) is 13.2. The molecule has 0 spiro atoms. The SMILES string of the molecule is CC1(C)c2ccccc2-c2ccc(N(c3ccc4c(c3)C(C)(C)c3ccccc3-4)c3ccc4c(c3)C(C)(C#N)c3cc(-c5ccc6c7ccccc7c7ccccc7c6c5)ccc3-4)cc21. The number of hydrogen-bond donors (Lipinski definition) is 0. The smallest absolute Gasteiger partial charge is 0.106 e. The minimum absolute atomic E-state index is 0.155. The minimum Gasteiger partial charge on any atom is -0.310 e. The van der Waals surface area contributed by atoms with Gasteiger partial charge in [0, 0.05) is 27.9 Å². The molecule has 0 fully saturated rings. The standard InChI is InChI=1S/C63H46N2/c1-61(2)55-20-12-10-18-48(55)50-29-24-40(34-57(50)61)65(41-25-30-51-49-19-11-13-21-56(49)62(3,4)58(51)35-41)42-26-31-53-52-28-23-39(33-59(52)63(5,37-64)60(53)36-42)38-22-27-47-45-16-7-6-14-43(45)44-15-8-9-17-46(44)54(47)32-38/h6-36H,1-5H3. The van der Waals surface area contributed by atoms with E-state index in [4.69, 9.17) is 0 Å². The third kappa shape index (κ3) is 5.10. The second-order valence-electron chi connectivity index (χ2n) is 19.7. The van der Waals surface area contributed by atoms with Crippen LogP contribution in [0.1, 0.15) is 68.0 Å². The van der Waals surface area contributed by atoms with Crippen molar-refractivity contribution in [3.63, 3.8) is 0 Å². The van der Waals surface area contributed by atoms with E-state index in [1.54, 1.807) is 0 Å². The van der Waals surface area contributed by atoms with E-state index in [-0.39, 0.29) is 10.8 Å². The third-order valence-electron chi connectivity index (χ3n) is 15.6. The second-order valence-corrected chi connectivity index (χ2v) is 19.7. The van der Waals surface area contributed by atoms with Crippen LogP contribution in [0, 0.1) is 11.3 Å². The van der Waals surface area contributed by atoms with Gasteiger partial charge in [0.2, 0.25) is 0 Å². The van der Waals surface area contributed by atoms with E-state index in [0.717, 1.165) is 50.4 Å². The molecule has 10 aromatic carbocycles. The van der Waals surface area contributed by atoms with Crippen molar-refractivity contribution in [3.8, 4) is 50.6 Å². The van der Waals surface area contributed by atoms with Gasteiger partial charge in [0.15, 0.2) is 0 Å². The van der Waals surface area contributed by atoms with Gasteiger partial charge in [-0.25, -0.2) is 0 Å². The van der Waals surface area contributed by atoms with Crippen molar-refractivity contribution in [3.05, 3.63) is 221 Å². The molecule has 10 aromatic rings. The molecule has 308 valence electrons. The van der Waals surface area contributed by atoms with Crippen LogP contribution in [0.25, 0.3) is 76.8 Å². The van der Waals surface area contributed by atoms with Crippen LogP contribution < -0.4 is 4.90 Å². The number of fused-ring (bicyclic) bond motifs is 15. The Morgan fingerprint density at radius 2 is 0.677 bits per heavy atom. The van der Waals surface area contributed by atoms with Crippen molar-refractivity contribution in [1.82, 2.24) is 0 Å². The molecule has 0 N–H and O–H groups in total. The van der Waals surface area contributed by atoms with Crippen LogP contribution in [-0.4, -0.2) is 0 Å². The predicted octanol–water partition coefficient (Wildman–Crippen LogP) is 16.7. The highest BCUT2D eigenvalue weighted by molar-refractivity contribution is 6.25. The molecular weight excluding hydrogens is 785 g/mol. The molecule has 0 saturated carbocycles. The molecule has 3 aliphatic carbocycles. The first-order valence-electron chi connectivity index (χ1n) is 22.9. The molecular formula is C63H46N2. The minimum atomic E-state index is -0.870. The zero-order chi connectivity index (χ0) is 44.0. The lowest BCUT2D eigenvalue weighted by molar-refractivity contribution is 0.660. The summed E-state index contributed by atoms with van der Waals surface area (Å²) in [7, 11) is 0. The molecule has 0 heterocycles. The maximum Gasteiger partial charge on any atom is 0.106 e. The van der Waals surface area contributed by atoms with Crippen LogP contribution in [0.3, 0.4) is 0 Å². The Morgan fingerprint density at radius 3 is 1.18 bits per heavy atom. The van der Waals surface area contributed by atoms with Crippen molar-refractivity contribution in [2.45, 2.75) is 50.9 Å². The number of hydrogen-bond acceptors (Lipinski definition) is 2. The van der Waals surface area contributed by atoms with Gasteiger partial charge in [0.1, 0.15) is 5.41 Å². The number of nitriles is 1. The van der Waals surface area contributed by atoms with Crippen LogP contribution in [0.15, 0.2) is 188 Å². The fourth-order valence-corrected chi connectivity index (χ4v) is 12.2. The average Bonchev–Trinajstić information content (AvgIpc) is 3.84. The summed E-state index contributed by atoms with van der Waals surface area (Å²) in [4.78, 5) is 2.42. The van der Waals surface area contributed by atoms with E-state index in [1.807, 2.05) is 0 Å². The monoisotopic (exact) mass is 830 g/mol. The third-order valence-corrected chi connectivity index (χ3v) is 15.6. The van der Waals surface area contributed by atoms with Crippen molar-refractivity contribution in [2.24, 2.45) is 0 Å². The Kier molecular flexibility index (Phi) is 7.65. The van der Waals surface area contributed by atoms with Gasteiger partial charge in [-0.15, -0.1) is 0 Å². The zero-order valence-electron chi connectivity index (χ0n) is 37.3. The Bertz CT molecular complexity index is 3620. The molecule has 0 radical (unpaired) electrons. The quantitative estimate of drug-likeness (QED) is 0.165. The van der Waals surface area contributed by atoms with Gasteiger partial charge >= 0.3 is 0 Å². The average molecular weight is 831 g/mol. The van der Waals surface area contributed by atoms with E-state index in [1.165, 1.54) is 76.8 Å². The number of rotatable bonds is 4. The normalized spacial score (nSPS) is 16.7. The van der Waals surface area contributed by atoms with Gasteiger partial charge in [-0.3, -0.25) is 0 Å². The summed E-state index contributed by atoms with van der Waals surface area (Å²) in [5, 5.41) is 18.9. The van der Waals surface area contributed by atoms with Crippen LogP contribution in [0.5, 0.6) is 0 Å². The van der Waals surface area contributed by atoms with E-state index >= 15 is 0 Å². The Balaban J connectivity index is 0.959. The molecule has 13 rings (SSSR count). The largest absolute Gasteiger partial charge is 0.310 e. The summed E-state index contributed by atoms with van der Waals surface area (Å²) in [6, 6.07) is 72.5. The first kappa shape index (κ1) is 37.8. The fourth-order valence-electron chi connectivity index (χ4n) is 12.2. The summed E-state index contributed by atoms with van der Waals surface area (Å²) >= 11 is 0. The maximum atomic E-state index is 11.3. The van der Waals surface area contributed by atoms with Gasteiger partial charge in [-0.05, 0) is 166 Å². The predicted molar refractivity (Wildman–Crippen MR) is 272 cm³/mol. The maximum absolute atomic E-state index is 11.3. The van der Waals surface area contributed by atoms with Gasteiger partial charge in [-0.2, -0.15) is 5.26 Å². The van der Waals surface area contributed by atoms with E-state index in [0.29, 0.717) is 0 Å². The van der Waals surface area contributed by atoms with E-state index in [2.05, 4.69) is 234 Å². The Labute approximate surface area is 380 Å². The first-order chi connectivity index (χ1) is 31.6. The summed E-state index contributed by atoms with van der Waals surface area (Å²) in [5.41, 5.74) is 19.2. The van der Waals surface area contributed by atoms with Crippen LogP contribution in [0.2, 0.25) is 0 Å². The lowest BCUT2D eigenvalue weighted by Crippen LogP contribution is -2.20. The molecule has 1 unspecified atom stereocenters. The van der Waals surface area contributed by atoms with Crippen molar-refractivity contribution < 1.29 is 0 Å². The molecule has 0 aliphatic heterocycles. The zero-order valence-corrected chi connectivity index (χ0v) is 37.3. The summed E-state index contributed by atoms with van der Waals surface area (Å²) in [5.74, 6) is 0. The summed E-state index contributed by atoms with van der Waals surface area (Å²) in [6.07, 6.45) is 0. The molecule has 3 aliphatic rings. The Morgan fingerprint density at radius 1 is 0.323 bits per heavy atom. The van der Waals surface area contributed by atoms with Gasteiger partial charge in [0.05, 0.1) is 6.07 Å². The molecule has 2 heteroatoms. The molecule has 0 aromatic heterocycles. The van der Waals surface area contributed by atoms with Gasteiger partial charge in [-0.1, -0.05) is 167 Å². The van der Waals surface area contributed by atoms with Crippen LogP contribution in [-0.2, 0) is 16.2 Å². The van der Waals surface area contributed by atoms with Crippen molar-refractivity contribution in [2.75, 3.05) is 4.90 Å². The molecule has 65 heavy (non-hydrogen) atoms. The van der Waals surface area contributed by atoms with Crippen LogP contribution >= 0.6 is 0 Å². The van der Waals surface area contributed by atoms with Crippen LogP contribution in [0.4, 0.5) is 17.1 Å². The highest BCUT2D eigenvalue weighted by atomic mass is 15.1. The topological polar surface area (TPSA) is 27.0 Å². The van der Waals surface area contributed by atoms with E-state index < -0.39 is 5.41 Å². The first-order valence-corrected chi connectivity index (χ1v) is 22.9. The summed E-state index contributed by atoms with van der Waals surface area (Å²) in [6.45, 7) is 11.5. The highest BCUT2D eigenvalue weighted by Gasteiger charge is 2.42. The molecule has 0 bridgehead atoms. The number of benzene rings is 10. The molecule has 1 atom stereocenters. The van der Waals surface area contributed by atoms with Crippen molar-refractivity contribution in [1.29, 1.82) is 5.26 Å². The highest BCUT2D eigenvalue weighted by Crippen LogP contribution is 2.55. The Hall–Kier alpha value is -7.73. The molecule has 2 nitrogen and oxygen atoms in total.